The Morgan fingerprint density at radius 3 is 2.79 bits per heavy atom. The number of nitrogens with one attached hydrogen (secondary N) is 1. The summed E-state index contributed by atoms with van der Waals surface area (Å²) in [6.45, 7) is 4.54. The van der Waals surface area contributed by atoms with Crippen molar-refractivity contribution in [2.24, 2.45) is 0 Å². The molecule has 2 nitrogen and oxygen atoms in total. The van der Waals surface area contributed by atoms with Gasteiger partial charge in [-0.1, -0.05) is 13.8 Å². The molecule has 1 rings (SSSR count). The van der Waals surface area contributed by atoms with E-state index in [2.05, 4.69) is 5.32 Å². The lowest BCUT2D eigenvalue weighted by Gasteiger charge is -2.09. The second-order valence-electron chi connectivity index (χ2n) is 3.45. The highest BCUT2D eigenvalue weighted by Crippen LogP contribution is 2.10. The summed E-state index contributed by atoms with van der Waals surface area (Å²) in [7, 11) is 0. The molecule has 1 aromatic carbocycles. The summed E-state index contributed by atoms with van der Waals surface area (Å²) in [5.41, 5.74) is 1.24. The highest BCUT2D eigenvalue weighted by Gasteiger charge is 2.03. The standard InChI is InChI=1S/C11H13FN2/c1-8(2)14-7-10-5-11(12)4-3-9(10)6-13/h3-5,8,14H,7H2,1-2H3. The quantitative estimate of drug-likeness (QED) is 0.796. The van der Waals surface area contributed by atoms with Gasteiger partial charge in [0, 0.05) is 12.6 Å². The summed E-state index contributed by atoms with van der Waals surface area (Å²) >= 11 is 0. The van der Waals surface area contributed by atoms with Crippen LogP contribution in [0.25, 0.3) is 0 Å². The second kappa shape index (κ2) is 4.73. The first-order valence-corrected chi connectivity index (χ1v) is 4.55. The maximum atomic E-state index is 12.9. The zero-order valence-corrected chi connectivity index (χ0v) is 8.34. The van der Waals surface area contributed by atoms with Crippen LogP contribution in [0.1, 0.15) is 25.0 Å². The molecule has 0 aliphatic carbocycles. The molecule has 1 N–H and O–H groups in total. The molecule has 0 heterocycles. The predicted molar refractivity (Wildman–Crippen MR) is 53.1 cm³/mol. The topological polar surface area (TPSA) is 35.8 Å². The van der Waals surface area contributed by atoms with Crippen molar-refractivity contribution in [3.05, 3.63) is 35.1 Å². The fraction of sp³-hybridized carbons (Fsp3) is 0.364. The maximum Gasteiger partial charge on any atom is 0.123 e. The van der Waals surface area contributed by atoms with Gasteiger partial charge in [-0.25, -0.2) is 4.39 Å². The van der Waals surface area contributed by atoms with Crippen LogP contribution in [-0.2, 0) is 6.54 Å². The molecule has 0 atom stereocenters. The van der Waals surface area contributed by atoms with Gasteiger partial charge in [0.15, 0.2) is 0 Å². The number of nitriles is 1. The van der Waals surface area contributed by atoms with Crippen LogP contribution in [0.5, 0.6) is 0 Å². The molecule has 0 bridgehead atoms. The van der Waals surface area contributed by atoms with Crippen LogP contribution >= 0.6 is 0 Å². The molecule has 0 spiro atoms. The number of hydrogen-bond donors (Lipinski definition) is 1. The molecule has 0 fully saturated rings. The zero-order chi connectivity index (χ0) is 10.6. The van der Waals surface area contributed by atoms with Crippen molar-refractivity contribution in [2.45, 2.75) is 26.4 Å². The first-order valence-electron chi connectivity index (χ1n) is 4.55. The highest BCUT2D eigenvalue weighted by atomic mass is 19.1. The number of hydrogen-bond acceptors (Lipinski definition) is 2. The number of rotatable bonds is 3. The van der Waals surface area contributed by atoms with Crippen LogP contribution in [0.15, 0.2) is 18.2 Å². The number of halogens is 1. The third kappa shape index (κ3) is 2.82. The largest absolute Gasteiger partial charge is 0.310 e. The summed E-state index contributed by atoms with van der Waals surface area (Å²) in [6.07, 6.45) is 0. The summed E-state index contributed by atoms with van der Waals surface area (Å²) in [4.78, 5) is 0. The highest BCUT2D eigenvalue weighted by molar-refractivity contribution is 5.37. The molecule has 14 heavy (non-hydrogen) atoms. The molecular formula is C11H13FN2. The third-order valence-corrected chi connectivity index (χ3v) is 1.89. The molecule has 0 amide bonds. The Morgan fingerprint density at radius 2 is 2.21 bits per heavy atom. The number of benzene rings is 1. The van der Waals surface area contributed by atoms with E-state index < -0.39 is 0 Å². The minimum atomic E-state index is -0.301. The van der Waals surface area contributed by atoms with E-state index in [4.69, 9.17) is 5.26 Å². The summed E-state index contributed by atoms with van der Waals surface area (Å²) in [5.74, 6) is -0.301. The van der Waals surface area contributed by atoms with Gasteiger partial charge in [0.25, 0.3) is 0 Å². The Balaban J connectivity index is 2.84. The first-order chi connectivity index (χ1) is 6.63. The van der Waals surface area contributed by atoms with Crippen LogP contribution in [0.3, 0.4) is 0 Å². The van der Waals surface area contributed by atoms with Crippen molar-refractivity contribution in [1.82, 2.24) is 5.32 Å². The van der Waals surface area contributed by atoms with Gasteiger partial charge >= 0.3 is 0 Å². The van der Waals surface area contributed by atoms with Gasteiger partial charge in [0.2, 0.25) is 0 Å². The Labute approximate surface area is 83.4 Å². The van der Waals surface area contributed by atoms with Gasteiger partial charge in [0.05, 0.1) is 11.6 Å². The molecule has 0 aliphatic rings. The summed E-state index contributed by atoms with van der Waals surface area (Å²) < 4.78 is 12.9. The molecule has 1 aromatic rings. The van der Waals surface area contributed by atoms with Gasteiger partial charge in [0.1, 0.15) is 5.82 Å². The number of nitrogens with zero attached hydrogens (tertiary/aromatic N) is 1. The van der Waals surface area contributed by atoms with E-state index in [0.29, 0.717) is 23.7 Å². The zero-order valence-electron chi connectivity index (χ0n) is 8.34. The van der Waals surface area contributed by atoms with Gasteiger partial charge in [-0.2, -0.15) is 5.26 Å². The van der Waals surface area contributed by atoms with Crippen LogP contribution in [0.4, 0.5) is 4.39 Å². The lowest BCUT2D eigenvalue weighted by atomic mass is 10.1. The monoisotopic (exact) mass is 192 g/mol. The molecule has 0 radical (unpaired) electrons. The fourth-order valence-corrected chi connectivity index (χ4v) is 1.13. The molecule has 3 heteroatoms. The molecule has 0 aromatic heterocycles. The molecule has 0 aliphatic heterocycles. The van der Waals surface area contributed by atoms with Crippen LogP contribution in [-0.4, -0.2) is 6.04 Å². The van der Waals surface area contributed by atoms with Crippen LogP contribution in [0, 0.1) is 17.1 Å². The van der Waals surface area contributed by atoms with E-state index in [1.54, 1.807) is 0 Å². The molecule has 0 saturated carbocycles. The Hall–Kier alpha value is -1.40. The van der Waals surface area contributed by atoms with E-state index in [0.717, 1.165) is 0 Å². The van der Waals surface area contributed by atoms with Gasteiger partial charge in [-0.3, -0.25) is 0 Å². The van der Waals surface area contributed by atoms with Crippen molar-refractivity contribution in [2.75, 3.05) is 0 Å². The van der Waals surface area contributed by atoms with E-state index >= 15 is 0 Å². The molecule has 74 valence electrons. The van der Waals surface area contributed by atoms with E-state index in [9.17, 15) is 4.39 Å². The fourth-order valence-electron chi connectivity index (χ4n) is 1.13. The van der Waals surface area contributed by atoms with Crippen LogP contribution < -0.4 is 5.32 Å². The molecule has 0 unspecified atom stereocenters. The van der Waals surface area contributed by atoms with Gasteiger partial charge < -0.3 is 5.32 Å². The SMILES string of the molecule is CC(C)NCc1cc(F)ccc1C#N. The predicted octanol–water partition coefficient (Wildman–Crippen LogP) is 2.20. The summed E-state index contributed by atoms with van der Waals surface area (Å²) in [5, 5.41) is 11.9. The van der Waals surface area contributed by atoms with Crippen LogP contribution in [0.2, 0.25) is 0 Å². The van der Waals surface area contributed by atoms with E-state index in [1.165, 1.54) is 18.2 Å². The lowest BCUT2D eigenvalue weighted by Crippen LogP contribution is -2.22. The average molecular weight is 192 g/mol. The van der Waals surface area contributed by atoms with E-state index in [1.807, 2.05) is 19.9 Å². The smallest absolute Gasteiger partial charge is 0.123 e. The summed E-state index contributed by atoms with van der Waals surface area (Å²) in [6, 6.07) is 6.57. The average Bonchev–Trinajstić information content (AvgIpc) is 2.15. The second-order valence-corrected chi connectivity index (χ2v) is 3.45. The van der Waals surface area contributed by atoms with Gasteiger partial charge in [-0.15, -0.1) is 0 Å². The van der Waals surface area contributed by atoms with Crippen molar-refractivity contribution in [3.8, 4) is 6.07 Å². The molecule has 0 saturated heterocycles. The van der Waals surface area contributed by atoms with Crippen molar-refractivity contribution in [1.29, 1.82) is 5.26 Å². The minimum Gasteiger partial charge on any atom is -0.310 e. The Bertz CT molecular complexity index is 353. The Morgan fingerprint density at radius 1 is 1.50 bits per heavy atom. The van der Waals surface area contributed by atoms with Gasteiger partial charge in [-0.05, 0) is 23.8 Å². The third-order valence-electron chi connectivity index (χ3n) is 1.89. The minimum absolute atomic E-state index is 0.301. The van der Waals surface area contributed by atoms with Crippen molar-refractivity contribution in [3.63, 3.8) is 0 Å². The first kappa shape index (κ1) is 10.7. The van der Waals surface area contributed by atoms with E-state index in [-0.39, 0.29) is 5.82 Å². The Kier molecular flexibility index (Phi) is 3.61. The maximum absolute atomic E-state index is 12.9. The molecular weight excluding hydrogens is 179 g/mol. The lowest BCUT2D eigenvalue weighted by molar-refractivity contribution is 0.581. The normalized spacial score (nSPS) is 10.2. The van der Waals surface area contributed by atoms with Crippen molar-refractivity contribution < 1.29 is 4.39 Å². The van der Waals surface area contributed by atoms with Crippen molar-refractivity contribution >= 4 is 0 Å².